The van der Waals surface area contributed by atoms with Crippen LogP contribution in [0.3, 0.4) is 0 Å². The molecular weight excluding hydrogens is 380 g/mol. The molecular formula is C17H13F6NO3. The van der Waals surface area contributed by atoms with Crippen molar-refractivity contribution < 1.29 is 40.6 Å². The molecule has 4 nitrogen and oxygen atoms in total. The van der Waals surface area contributed by atoms with Crippen LogP contribution in [-0.2, 0) is 12.4 Å². The van der Waals surface area contributed by atoms with Gasteiger partial charge in [0.05, 0.1) is 25.3 Å². The first-order valence-electron chi connectivity index (χ1n) is 7.28. The molecule has 0 unspecified atom stereocenters. The molecule has 0 fully saturated rings. The van der Waals surface area contributed by atoms with Crippen LogP contribution >= 0.6 is 0 Å². The number of carbonyl (C=O) groups is 1. The standard InChI is InChI=1S/C17H13F6NO3/c1-26-13-4-3-12(8-14(13)27-2)24-15(25)9-5-10(16(18,19)20)7-11(6-9)17(21,22)23/h3-8H,1-2H3,(H,24,25). The van der Waals surface area contributed by atoms with Crippen LogP contribution in [0.4, 0.5) is 32.0 Å². The van der Waals surface area contributed by atoms with Crippen molar-refractivity contribution in [2.24, 2.45) is 0 Å². The van der Waals surface area contributed by atoms with Crippen LogP contribution in [0.5, 0.6) is 11.5 Å². The molecule has 2 aromatic carbocycles. The van der Waals surface area contributed by atoms with Crippen molar-refractivity contribution in [3.63, 3.8) is 0 Å². The molecule has 0 aliphatic heterocycles. The Bertz CT molecular complexity index is 813. The number of halogens is 6. The Morgan fingerprint density at radius 3 is 1.78 bits per heavy atom. The average Bonchev–Trinajstić information content (AvgIpc) is 2.59. The second kappa shape index (κ2) is 7.37. The maximum atomic E-state index is 12.9. The van der Waals surface area contributed by atoms with Crippen LogP contribution in [0.25, 0.3) is 0 Å². The zero-order chi connectivity index (χ0) is 20.4. The van der Waals surface area contributed by atoms with Gasteiger partial charge in [-0.25, -0.2) is 0 Å². The lowest BCUT2D eigenvalue weighted by Crippen LogP contribution is -2.17. The lowest BCUT2D eigenvalue weighted by molar-refractivity contribution is -0.143. The first-order valence-corrected chi connectivity index (χ1v) is 7.28. The molecule has 0 aromatic heterocycles. The Hall–Kier alpha value is -2.91. The number of nitrogens with one attached hydrogen (secondary N) is 1. The predicted molar refractivity (Wildman–Crippen MR) is 83.9 cm³/mol. The van der Waals surface area contributed by atoms with Gasteiger partial charge in [-0.05, 0) is 30.3 Å². The van der Waals surface area contributed by atoms with Gasteiger partial charge in [-0.2, -0.15) is 26.3 Å². The van der Waals surface area contributed by atoms with Crippen molar-refractivity contribution in [2.45, 2.75) is 12.4 Å². The molecule has 146 valence electrons. The summed E-state index contributed by atoms with van der Waals surface area (Å²) in [6, 6.07) is 4.75. The van der Waals surface area contributed by atoms with Crippen LogP contribution in [0.2, 0.25) is 0 Å². The molecule has 0 aliphatic rings. The molecule has 0 saturated carbocycles. The van der Waals surface area contributed by atoms with E-state index in [4.69, 9.17) is 9.47 Å². The fraction of sp³-hybridized carbons (Fsp3) is 0.235. The zero-order valence-corrected chi connectivity index (χ0v) is 14.0. The van der Waals surface area contributed by atoms with Crippen LogP contribution in [0, 0.1) is 0 Å². The Kier molecular flexibility index (Phi) is 5.57. The summed E-state index contributed by atoms with van der Waals surface area (Å²) in [6.07, 6.45) is -10.1. The highest BCUT2D eigenvalue weighted by atomic mass is 19.4. The van der Waals surface area contributed by atoms with Gasteiger partial charge in [-0.1, -0.05) is 0 Å². The summed E-state index contributed by atoms with van der Waals surface area (Å²) in [5.74, 6) is -0.594. The number of carbonyl (C=O) groups excluding carboxylic acids is 1. The Balaban J connectivity index is 2.41. The minimum Gasteiger partial charge on any atom is -0.493 e. The molecule has 0 heterocycles. The number of amides is 1. The molecule has 0 bridgehead atoms. The summed E-state index contributed by atoms with van der Waals surface area (Å²) in [5, 5.41) is 2.23. The van der Waals surface area contributed by atoms with Gasteiger partial charge in [-0.15, -0.1) is 0 Å². The van der Waals surface area contributed by atoms with E-state index in [1.165, 1.54) is 32.4 Å². The third-order valence-corrected chi connectivity index (χ3v) is 3.49. The number of methoxy groups -OCH3 is 2. The van der Waals surface area contributed by atoms with Crippen LogP contribution < -0.4 is 14.8 Å². The first kappa shape index (κ1) is 20.4. The van der Waals surface area contributed by atoms with Gasteiger partial charge in [0, 0.05) is 17.3 Å². The molecule has 2 rings (SSSR count). The van der Waals surface area contributed by atoms with E-state index >= 15 is 0 Å². The summed E-state index contributed by atoms with van der Waals surface area (Å²) in [5.41, 5.74) is -3.83. The first-order chi connectivity index (χ1) is 12.5. The van der Waals surface area contributed by atoms with E-state index in [1.54, 1.807) is 0 Å². The minimum atomic E-state index is -5.04. The van der Waals surface area contributed by atoms with Gasteiger partial charge >= 0.3 is 12.4 Å². The van der Waals surface area contributed by atoms with Crippen molar-refractivity contribution in [3.8, 4) is 11.5 Å². The number of rotatable bonds is 4. The van der Waals surface area contributed by atoms with Gasteiger partial charge in [0.15, 0.2) is 11.5 Å². The minimum absolute atomic E-state index is 0.0484. The number of hydrogen-bond donors (Lipinski definition) is 1. The number of benzene rings is 2. The third kappa shape index (κ3) is 4.83. The highest BCUT2D eigenvalue weighted by molar-refractivity contribution is 6.04. The number of alkyl halides is 6. The fourth-order valence-corrected chi connectivity index (χ4v) is 2.20. The van der Waals surface area contributed by atoms with E-state index in [-0.39, 0.29) is 17.5 Å². The number of hydrogen-bond acceptors (Lipinski definition) is 3. The molecule has 0 saturated heterocycles. The van der Waals surface area contributed by atoms with E-state index in [9.17, 15) is 31.1 Å². The molecule has 0 spiro atoms. The van der Waals surface area contributed by atoms with Crippen LogP contribution in [-0.4, -0.2) is 20.1 Å². The summed E-state index contributed by atoms with van der Waals surface area (Å²) in [6.45, 7) is 0. The van der Waals surface area contributed by atoms with Crippen molar-refractivity contribution in [3.05, 3.63) is 53.1 Å². The van der Waals surface area contributed by atoms with E-state index in [0.717, 1.165) is 0 Å². The van der Waals surface area contributed by atoms with E-state index < -0.39 is 35.0 Å². The lowest BCUT2D eigenvalue weighted by Gasteiger charge is -2.14. The summed E-state index contributed by atoms with van der Waals surface area (Å²) in [7, 11) is 2.70. The van der Waals surface area contributed by atoms with Crippen LogP contribution in [0.1, 0.15) is 21.5 Å². The highest BCUT2D eigenvalue weighted by Crippen LogP contribution is 2.36. The molecule has 0 aliphatic carbocycles. The Labute approximate surface area is 149 Å². The number of anilines is 1. The maximum Gasteiger partial charge on any atom is 0.416 e. The number of ether oxygens (including phenoxy) is 2. The molecule has 0 atom stereocenters. The largest absolute Gasteiger partial charge is 0.493 e. The maximum absolute atomic E-state index is 12.9. The Morgan fingerprint density at radius 2 is 1.33 bits per heavy atom. The SMILES string of the molecule is COc1ccc(NC(=O)c2cc(C(F)(F)F)cc(C(F)(F)F)c2)cc1OC. The summed E-state index contributed by atoms with van der Waals surface area (Å²) in [4.78, 5) is 12.2. The van der Waals surface area contributed by atoms with Crippen molar-refractivity contribution in [2.75, 3.05) is 19.5 Å². The van der Waals surface area contributed by atoms with Crippen molar-refractivity contribution >= 4 is 11.6 Å². The predicted octanol–water partition coefficient (Wildman–Crippen LogP) is 4.99. The fourth-order valence-electron chi connectivity index (χ4n) is 2.20. The molecule has 27 heavy (non-hydrogen) atoms. The van der Waals surface area contributed by atoms with Gasteiger partial charge in [0.1, 0.15) is 0 Å². The molecule has 0 radical (unpaired) electrons. The van der Waals surface area contributed by atoms with Crippen LogP contribution in [0.15, 0.2) is 36.4 Å². The normalized spacial score (nSPS) is 11.9. The molecule has 2 aromatic rings. The van der Waals surface area contributed by atoms with Crippen molar-refractivity contribution in [1.82, 2.24) is 0 Å². The van der Waals surface area contributed by atoms with Gasteiger partial charge in [-0.3, -0.25) is 4.79 Å². The smallest absolute Gasteiger partial charge is 0.416 e. The third-order valence-electron chi connectivity index (χ3n) is 3.49. The van der Waals surface area contributed by atoms with E-state index in [2.05, 4.69) is 5.32 Å². The topological polar surface area (TPSA) is 47.6 Å². The highest BCUT2D eigenvalue weighted by Gasteiger charge is 2.37. The zero-order valence-electron chi connectivity index (χ0n) is 14.0. The van der Waals surface area contributed by atoms with Crippen molar-refractivity contribution in [1.29, 1.82) is 0 Å². The second-order valence-corrected chi connectivity index (χ2v) is 5.32. The Morgan fingerprint density at radius 1 is 0.815 bits per heavy atom. The van der Waals surface area contributed by atoms with E-state index in [1.807, 2.05) is 0 Å². The molecule has 1 amide bonds. The summed E-state index contributed by atoms with van der Waals surface area (Å²) >= 11 is 0. The quantitative estimate of drug-likeness (QED) is 0.745. The lowest BCUT2D eigenvalue weighted by atomic mass is 10.0. The average molecular weight is 393 g/mol. The molecule has 10 heteroatoms. The van der Waals surface area contributed by atoms with Gasteiger partial charge in [0.2, 0.25) is 0 Å². The molecule has 1 N–H and O–H groups in total. The second-order valence-electron chi connectivity index (χ2n) is 5.32. The van der Waals surface area contributed by atoms with Gasteiger partial charge < -0.3 is 14.8 Å². The van der Waals surface area contributed by atoms with E-state index in [0.29, 0.717) is 17.9 Å². The van der Waals surface area contributed by atoms with Gasteiger partial charge in [0.25, 0.3) is 5.91 Å². The summed E-state index contributed by atoms with van der Waals surface area (Å²) < 4.78 is 87.3. The monoisotopic (exact) mass is 393 g/mol.